The molecule has 0 aromatic rings. The van der Waals surface area contributed by atoms with Gasteiger partial charge in [0.2, 0.25) is 0 Å². The van der Waals surface area contributed by atoms with Gasteiger partial charge < -0.3 is 24.8 Å². The minimum Gasteiger partial charge on any atom is -0.454 e. The highest BCUT2D eigenvalue weighted by Crippen LogP contribution is 2.30. The second-order valence-electron chi connectivity index (χ2n) is 2.83. The van der Waals surface area contributed by atoms with Crippen molar-refractivity contribution in [3.8, 4) is 0 Å². The Morgan fingerprint density at radius 1 is 1.17 bits per heavy atom. The largest absolute Gasteiger partial charge is 0.454 e. The molecule has 6 nitrogen and oxygen atoms in total. The summed E-state index contributed by atoms with van der Waals surface area (Å²) in [4.78, 5) is 10.7. The molecule has 6 heteroatoms. The van der Waals surface area contributed by atoms with Crippen LogP contribution >= 0.6 is 0 Å². The molecule has 2 saturated heterocycles. The van der Waals surface area contributed by atoms with Crippen molar-refractivity contribution >= 4 is 5.97 Å². The molecule has 0 aromatic heterocycles. The van der Waals surface area contributed by atoms with Crippen LogP contribution in [0.1, 0.15) is 0 Å². The highest BCUT2D eigenvalue weighted by molar-refractivity contribution is 5.78. The van der Waals surface area contributed by atoms with Crippen molar-refractivity contribution in [2.75, 3.05) is 0 Å². The molecule has 2 rings (SSSR count). The molecule has 3 N–H and O–H groups in total. The second kappa shape index (κ2) is 2.40. The molecule has 0 amide bonds. The first-order valence-electron chi connectivity index (χ1n) is 3.51. The number of fused-ring (bicyclic) bond motifs is 1. The molecule has 2 heterocycles. The van der Waals surface area contributed by atoms with E-state index in [1.165, 1.54) is 0 Å². The molecule has 0 bridgehead atoms. The van der Waals surface area contributed by atoms with Crippen LogP contribution in [0.15, 0.2) is 0 Å². The Labute approximate surface area is 67.3 Å². The van der Waals surface area contributed by atoms with E-state index in [-0.39, 0.29) is 0 Å². The average Bonchev–Trinajstić information content (AvgIpc) is 2.43. The lowest BCUT2D eigenvalue weighted by atomic mass is 10.1. The normalized spacial score (nSPS) is 52.2. The molecule has 0 aliphatic carbocycles. The molecule has 12 heavy (non-hydrogen) atoms. The van der Waals surface area contributed by atoms with Crippen LogP contribution in [0.25, 0.3) is 0 Å². The van der Waals surface area contributed by atoms with Gasteiger partial charge in [-0.15, -0.1) is 0 Å². The van der Waals surface area contributed by atoms with E-state index < -0.39 is 36.7 Å². The fraction of sp³-hybridized carbons (Fsp3) is 0.833. The first-order chi connectivity index (χ1) is 5.61. The zero-order valence-electron chi connectivity index (χ0n) is 5.95. The van der Waals surface area contributed by atoms with E-state index in [1.807, 2.05) is 0 Å². The summed E-state index contributed by atoms with van der Waals surface area (Å²) in [6.07, 6.45) is -5.94. The van der Waals surface area contributed by atoms with Crippen molar-refractivity contribution < 1.29 is 29.6 Å². The smallest absolute Gasteiger partial charge is 0.338 e. The third-order valence-electron chi connectivity index (χ3n) is 2.05. The maximum atomic E-state index is 10.7. The minimum absolute atomic E-state index is 0.823. The van der Waals surface area contributed by atoms with Gasteiger partial charge in [0.05, 0.1) is 0 Å². The van der Waals surface area contributed by atoms with Gasteiger partial charge in [-0.05, 0) is 0 Å². The van der Waals surface area contributed by atoms with Crippen LogP contribution in [0.2, 0.25) is 0 Å². The van der Waals surface area contributed by atoms with Crippen molar-refractivity contribution in [2.45, 2.75) is 30.7 Å². The van der Waals surface area contributed by atoms with Gasteiger partial charge in [0.1, 0.15) is 12.2 Å². The molecule has 2 aliphatic rings. The van der Waals surface area contributed by atoms with E-state index in [0.29, 0.717) is 0 Å². The molecule has 2 fully saturated rings. The van der Waals surface area contributed by atoms with E-state index in [1.54, 1.807) is 0 Å². The van der Waals surface area contributed by atoms with Gasteiger partial charge in [-0.2, -0.15) is 0 Å². The molecular formula is C6H8O6. The number of carbonyl (C=O) groups excluding carboxylic acids is 1. The Bertz CT molecular complexity index is 216. The highest BCUT2D eigenvalue weighted by Gasteiger charge is 2.56. The van der Waals surface area contributed by atoms with Gasteiger partial charge in [0.25, 0.3) is 0 Å². The average molecular weight is 176 g/mol. The lowest BCUT2D eigenvalue weighted by Gasteiger charge is -2.10. The lowest BCUT2D eigenvalue weighted by Crippen LogP contribution is -2.32. The second-order valence-corrected chi connectivity index (χ2v) is 2.83. The van der Waals surface area contributed by atoms with Gasteiger partial charge in [-0.1, -0.05) is 0 Å². The van der Waals surface area contributed by atoms with Crippen LogP contribution in [-0.2, 0) is 14.3 Å². The maximum Gasteiger partial charge on any atom is 0.338 e. The van der Waals surface area contributed by atoms with Crippen LogP contribution in [0.3, 0.4) is 0 Å². The summed E-state index contributed by atoms with van der Waals surface area (Å²) in [7, 11) is 0. The topological polar surface area (TPSA) is 96.2 Å². The summed E-state index contributed by atoms with van der Waals surface area (Å²) in [5.41, 5.74) is 0. The first kappa shape index (κ1) is 7.93. The third kappa shape index (κ3) is 0.862. The molecule has 0 saturated carbocycles. The SMILES string of the molecule is O=C1O[C@@H]2C(O)C(O)O[C@@H]2[C@@H]1O. The molecule has 68 valence electrons. The zero-order valence-corrected chi connectivity index (χ0v) is 5.95. The van der Waals surface area contributed by atoms with Crippen LogP contribution in [0.5, 0.6) is 0 Å². The predicted octanol–water partition coefficient (Wildman–Crippen LogP) is -2.65. The third-order valence-corrected chi connectivity index (χ3v) is 2.05. The fourth-order valence-electron chi connectivity index (χ4n) is 1.40. The summed E-state index contributed by atoms with van der Waals surface area (Å²) in [6.45, 7) is 0. The van der Waals surface area contributed by atoms with Crippen molar-refractivity contribution in [3.05, 3.63) is 0 Å². The van der Waals surface area contributed by atoms with E-state index >= 15 is 0 Å². The fourth-order valence-corrected chi connectivity index (χ4v) is 1.40. The Balaban J connectivity index is 2.19. The van der Waals surface area contributed by atoms with Gasteiger partial charge in [-0.3, -0.25) is 0 Å². The Morgan fingerprint density at radius 3 is 2.42 bits per heavy atom. The van der Waals surface area contributed by atoms with Crippen LogP contribution in [-0.4, -0.2) is 52.0 Å². The molecule has 2 unspecified atom stereocenters. The van der Waals surface area contributed by atoms with Crippen LogP contribution in [0, 0.1) is 0 Å². The van der Waals surface area contributed by atoms with E-state index in [9.17, 15) is 4.79 Å². The first-order valence-corrected chi connectivity index (χ1v) is 3.51. The quantitative estimate of drug-likeness (QED) is 0.349. The minimum atomic E-state index is -1.40. The number of esters is 1. The van der Waals surface area contributed by atoms with E-state index in [4.69, 9.17) is 15.3 Å². The highest BCUT2D eigenvalue weighted by atomic mass is 16.7. The standard InChI is InChI=1S/C6H8O6/c7-1-3-4(12-5(1)9)2(8)6(10)11-3/h1-5,7-9H/t1?,2-,3+,4+,5?/m0/s1. The maximum absolute atomic E-state index is 10.7. The van der Waals surface area contributed by atoms with Gasteiger partial charge >= 0.3 is 5.97 Å². The summed E-state index contributed by atoms with van der Waals surface area (Å²) < 4.78 is 9.25. The number of ether oxygens (including phenoxy) is 2. The summed E-state index contributed by atoms with van der Waals surface area (Å²) in [6, 6.07) is 0. The Hall–Kier alpha value is -0.690. The Kier molecular flexibility index (Phi) is 1.58. The molecule has 2 aliphatic heterocycles. The monoisotopic (exact) mass is 176 g/mol. The molecule has 0 radical (unpaired) electrons. The van der Waals surface area contributed by atoms with Gasteiger partial charge in [-0.25, -0.2) is 4.79 Å². The number of aliphatic hydroxyl groups excluding tert-OH is 3. The van der Waals surface area contributed by atoms with Crippen molar-refractivity contribution in [1.29, 1.82) is 0 Å². The van der Waals surface area contributed by atoms with E-state index in [2.05, 4.69) is 9.47 Å². The number of aliphatic hydroxyl groups is 3. The number of carbonyl (C=O) groups is 1. The number of hydrogen-bond acceptors (Lipinski definition) is 6. The van der Waals surface area contributed by atoms with Crippen molar-refractivity contribution in [2.24, 2.45) is 0 Å². The van der Waals surface area contributed by atoms with Crippen LogP contribution < -0.4 is 0 Å². The number of rotatable bonds is 0. The predicted molar refractivity (Wildman–Crippen MR) is 32.8 cm³/mol. The molecule has 0 aromatic carbocycles. The Morgan fingerprint density at radius 2 is 1.83 bits per heavy atom. The number of hydrogen-bond donors (Lipinski definition) is 3. The molecule has 5 atom stereocenters. The lowest BCUT2D eigenvalue weighted by molar-refractivity contribution is -0.168. The molecule has 0 spiro atoms. The van der Waals surface area contributed by atoms with Crippen molar-refractivity contribution in [1.82, 2.24) is 0 Å². The van der Waals surface area contributed by atoms with Gasteiger partial charge in [0, 0.05) is 0 Å². The molecular weight excluding hydrogens is 168 g/mol. The van der Waals surface area contributed by atoms with Crippen LogP contribution in [0.4, 0.5) is 0 Å². The summed E-state index contributed by atoms with van der Waals surface area (Å²) >= 11 is 0. The summed E-state index contributed by atoms with van der Waals surface area (Å²) in [5.74, 6) is -0.823. The van der Waals surface area contributed by atoms with E-state index in [0.717, 1.165) is 0 Å². The van der Waals surface area contributed by atoms with Crippen molar-refractivity contribution in [3.63, 3.8) is 0 Å². The van der Waals surface area contributed by atoms with Gasteiger partial charge in [0.15, 0.2) is 18.5 Å². The summed E-state index contributed by atoms with van der Waals surface area (Å²) in [5, 5.41) is 27.2. The zero-order chi connectivity index (χ0) is 8.88.